The Hall–Kier alpha value is -1.31. The van der Waals surface area contributed by atoms with E-state index in [0.29, 0.717) is 37.8 Å². The van der Waals surface area contributed by atoms with Crippen molar-refractivity contribution in [3.8, 4) is 11.5 Å². The Kier molecular flexibility index (Phi) is 4.21. The minimum atomic E-state index is -3.61. The predicted octanol–water partition coefficient (Wildman–Crippen LogP) is 2.40. The molecule has 1 aromatic rings. The van der Waals surface area contributed by atoms with Crippen LogP contribution in [0.15, 0.2) is 18.2 Å². The molecule has 0 bridgehead atoms. The van der Waals surface area contributed by atoms with Gasteiger partial charge >= 0.3 is 0 Å². The van der Waals surface area contributed by atoms with Crippen LogP contribution in [0.2, 0.25) is 0 Å². The van der Waals surface area contributed by atoms with Crippen LogP contribution in [0.5, 0.6) is 11.5 Å². The Balaban J connectivity index is 1.62. The van der Waals surface area contributed by atoms with Crippen LogP contribution < -0.4 is 14.6 Å². The largest absolute Gasteiger partial charge is 0.497 e. The molecular formula is C18H26N2O4S. The molecule has 4 rings (SSSR count). The molecule has 2 fully saturated rings. The van der Waals surface area contributed by atoms with Gasteiger partial charge in [0, 0.05) is 31.5 Å². The molecule has 1 saturated heterocycles. The Morgan fingerprint density at radius 3 is 2.56 bits per heavy atom. The summed E-state index contributed by atoms with van der Waals surface area (Å²) in [6.45, 7) is 0.865. The Bertz CT molecular complexity index is 752. The summed E-state index contributed by atoms with van der Waals surface area (Å²) < 4.78 is 36.4. The van der Waals surface area contributed by atoms with Gasteiger partial charge in [0.1, 0.15) is 17.1 Å². The first-order chi connectivity index (χ1) is 11.9. The molecule has 1 unspecified atom stereocenters. The molecule has 0 aromatic heterocycles. The summed E-state index contributed by atoms with van der Waals surface area (Å²) in [4.78, 5) is 0. The van der Waals surface area contributed by atoms with Crippen molar-refractivity contribution < 1.29 is 17.9 Å². The van der Waals surface area contributed by atoms with Gasteiger partial charge in [-0.25, -0.2) is 5.14 Å². The molecule has 2 heterocycles. The molecular weight excluding hydrogens is 340 g/mol. The van der Waals surface area contributed by atoms with Crippen LogP contribution in [0.3, 0.4) is 0 Å². The summed E-state index contributed by atoms with van der Waals surface area (Å²) in [7, 11) is -1.92. The number of hydrogen-bond acceptors (Lipinski definition) is 4. The van der Waals surface area contributed by atoms with E-state index < -0.39 is 10.2 Å². The minimum absolute atomic E-state index is 0.275. The van der Waals surface area contributed by atoms with E-state index in [4.69, 9.17) is 14.6 Å². The van der Waals surface area contributed by atoms with Crippen LogP contribution in [0, 0.1) is 5.92 Å². The summed E-state index contributed by atoms with van der Waals surface area (Å²) >= 11 is 0. The fourth-order valence-corrected chi connectivity index (χ4v) is 5.23. The predicted molar refractivity (Wildman–Crippen MR) is 95.0 cm³/mol. The molecule has 138 valence electrons. The third-order valence-electron chi connectivity index (χ3n) is 6.25. The molecule has 0 radical (unpaired) electrons. The first-order valence-electron chi connectivity index (χ1n) is 9.05. The number of nitrogens with two attached hydrogens (primary N) is 1. The zero-order chi connectivity index (χ0) is 17.7. The fraction of sp³-hybridized carbons (Fsp3) is 0.667. The maximum atomic E-state index is 11.6. The van der Waals surface area contributed by atoms with Crippen LogP contribution in [-0.4, -0.2) is 38.5 Å². The summed E-state index contributed by atoms with van der Waals surface area (Å²) in [5.74, 6) is 2.97. The van der Waals surface area contributed by atoms with Crippen molar-refractivity contribution in [2.24, 2.45) is 11.1 Å². The molecule has 2 N–H and O–H groups in total. The number of rotatable bonds is 3. The first kappa shape index (κ1) is 17.1. The van der Waals surface area contributed by atoms with Crippen molar-refractivity contribution in [3.63, 3.8) is 0 Å². The Labute approximate surface area is 149 Å². The molecule has 25 heavy (non-hydrogen) atoms. The van der Waals surface area contributed by atoms with Crippen LogP contribution in [0.25, 0.3) is 0 Å². The Morgan fingerprint density at radius 2 is 2.00 bits per heavy atom. The molecule has 1 saturated carbocycles. The van der Waals surface area contributed by atoms with Gasteiger partial charge in [-0.2, -0.15) is 12.7 Å². The second kappa shape index (κ2) is 6.14. The maximum Gasteiger partial charge on any atom is 0.276 e. The molecule has 2 aliphatic heterocycles. The smallest absolute Gasteiger partial charge is 0.276 e. The lowest BCUT2D eigenvalue weighted by Gasteiger charge is -2.49. The third-order valence-corrected chi connectivity index (χ3v) is 7.33. The van der Waals surface area contributed by atoms with E-state index in [2.05, 4.69) is 6.07 Å². The van der Waals surface area contributed by atoms with E-state index in [9.17, 15) is 8.42 Å². The van der Waals surface area contributed by atoms with E-state index in [-0.39, 0.29) is 5.60 Å². The first-order valence-corrected chi connectivity index (χ1v) is 10.6. The number of piperidine rings is 1. The summed E-state index contributed by atoms with van der Waals surface area (Å²) in [6, 6.07) is 6.06. The van der Waals surface area contributed by atoms with Gasteiger partial charge in [0.15, 0.2) is 0 Å². The third kappa shape index (κ3) is 3.13. The lowest BCUT2D eigenvalue weighted by Crippen LogP contribution is -2.53. The highest BCUT2D eigenvalue weighted by atomic mass is 32.2. The number of methoxy groups -OCH3 is 1. The van der Waals surface area contributed by atoms with E-state index >= 15 is 0 Å². The van der Waals surface area contributed by atoms with Crippen LogP contribution in [0.4, 0.5) is 0 Å². The highest BCUT2D eigenvalue weighted by Crippen LogP contribution is 2.53. The van der Waals surface area contributed by atoms with Gasteiger partial charge in [-0.3, -0.25) is 0 Å². The molecule has 1 aromatic carbocycles. The lowest BCUT2D eigenvalue weighted by molar-refractivity contribution is -0.0187. The van der Waals surface area contributed by atoms with Crippen LogP contribution >= 0.6 is 0 Å². The fourth-order valence-electron chi connectivity index (χ4n) is 4.54. The number of fused-ring (bicyclic) bond motifs is 1. The van der Waals surface area contributed by atoms with Crippen molar-refractivity contribution in [2.45, 2.75) is 50.0 Å². The quantitative estimate of drug-likeness (QED) is 0.890. The van der Waals surface area contributed by atoms with E-state index in [0.717, 1.165) is 17.9 Å². The zero-order valence-electron chi connectivity index (χ0n) is 14.6. The van der Waals surface area contributed by atoms with Gasteiger partial charge in [0.05, 0.1) is 7.11 Å². The highest BCUT2D eigenvalue weighted by molar-refractivity contribution is 7.86. The van der Waals surface area contributed by atoms with E-state index in [1.54, 1.807) is 7.11 Å². The number of ether oxygens (including phenoxy) is 2. The molecule has 6 nitrogen and oxygen atoms in total. The van der Waals surface area contributed by atoms with Gasteiger partial charge in [-0.1, -0.05) is 6.42 Å². The van der Waals surface area contributed by atoms with Crippen molar-refractivity contribution >= 4 is 10.2 Å². The number of nitrogens with zero attached hydrogens (tertiary/aromatic N) is 1. The van der Waals surface area contributed by atoms with Gasteiger partial charge in [-0.15, -0.1) is 0 Å². The number of hydrogen-bond donors (Lipinski definition) is 1. The maximum absolute atomic E-state index is 11.6. The van der Waals surface area contributed by atoms with Crippen molar-refractivity contribution in [2.75, 3.05) is 20.2 Å². The molecule has 1 aliphatic carbocycles. The van der Waals surface area contributed by atoms with E-state index in [1.807, 2.05) is 12.1 Å². The summed E-state index contributed by atoms with van der Waals surface area (Å²) in [5, 5.41) is 5.29. The lowest BCUT2D eigenvalue weighted by atomic mass is 9.66. The van der Waals surface area contributed by atoms with Gasteiger partial charge in [0.2, 0.25) is 0 Å². The molecule has 3 aliphatic rings. The van der Waals surface area contributed by atoms with Crippen molar-refractivity contribution in [1.29, 1.82) is 0 Å². The summed E-state index contributed by atoms with van der Waals surface area (Å²) in [6.07, 6.45) is 6.17. The minimum Gasteiger partial charge on any atom is -0.497 e. The van der Waals surface area contributed by atoms with Gasteiger partial charge in [-0.05, 0) is 49.3 Å². The van der Waals surface area contributed by atoms with Gasteiger partial charge in [0.25, 0.3) is 10.2 Å². The zero-order valence-corrected chi connectivity index (χ0v) is 15.4. The average Bonchev–Trinajstić information content (AvgIpc) is 2.52. The topological polar surface area (TPSA) is 81.9 Å². The molecule has 1 spiro atoms. The monoisotopic (exact) mass is 366 g/mol. The van der Waals surface area contributed by atoms with Crippen molar-refractivity contribution in [3.05, 3.63) is 23.8 Å². The average molecular weight is 366 g/mol. The highest BCUT2D eigenvalue weighted by Gasteiger charge is 2.47. The van der Waals surface area contributed by atoms with Crippen molar-refractivity contribution in [1.82, 2.24) is 4.31 Å². The molecule has 0 amide bonds. The van der Waals surface area contributed by atoms with E-state index in [1.165, 1.54) is 29.1 Å². The SMILES string of the molecule is COc1ccc2c(c1)C(C1CCC1)CC1(CCN(S(N)(=O)=O)CC1)O2. The van der Waals surface area contributed by atoms with Crippen LogP contribution in [-0.2, 0) is 10.2 Å². The standard InChI is InChI=1S/C18H26N2O4S/c1-23-14-5-6-17-15(11-14)16(13-3-2-4-13)12-18(24-17)7-9-20(10-8-18)25(19,21)22/h5-6,11,13,16H,2-4,7-10,12H2,1H3,(H2,19,21,22). The summed E-state index contributed by atoms with van der Waals surface area (Å²) in [5.41, 5.74) is 0.979. The molecule has 1 atom stereocenters. The molecule has 7 heteroatoms. The number of benzene rings is 1. The van der Waals surface area contributed by atoms with Gasteiger partial charge < -0.3 is 9.47 Å². The van der Waals surface area contributed by atoms with Crippen LogP contribution in [0.1, 0.15) is 50.0 Å². The second-order valence-corrected chi connectivity index (χ2v) is 9.18. The Morgan fingerprint density at radius 1 is 1.28 bits per heavy atom. The second-order valence-electron chi connectivity index (χ2n) is 7.63. The normalized spacial score (nSPS) is 26.6.